The molecular formula is C21H22Cl2N2O5. The van der Waals surface area contributed by atoms with Crippen LogP contribution in [0.5, 0.6) is 17.4 Å². The van der Waals surface area contributed by atoms with Gasteiger partial charge >= 0.3 is 0 Å². The minimum atomic E-state index is -0.252. The summed E-state index contributed by atoms with van der Waals surface area (Å²) in [5.74, 6) is 1.26. The van der Waals surface area contributed by atoms with Crippen molar-refractivity contribution in [2.24, 2.45) is 0 Å². The highest BCUT2D eigenvalue weighted by molar-refractivity contribution is 6.34. The van der Waals surface area contributed by atoms with Crippen LogP contribution in [0.2, 0.25) is 10.0 Å². The number of halogens is 2. The first-order valence-corrected chi connectivity index (χ1v) is 10.0. The summed E-state index contributed by atoms with van der Waals surface area (Å²) in [5, 5.41) is 0.916. The number of nitrogens with zero attached hydrogens (tertiary/aromatic N) is 2. The molecule has 0 bridgehead atoms. The van der Waals surface area contributed by atoms with Crippen LogP contribution in [-0.2, 0) is 9.53 Å². The van der Waals surface area contributed by atoms with Crippen LogP contribution in [0, 0.1) is 0 Å². The first-order valence-electron chi connectivity index (χ1n) is 9.25. The number of carbonyl (C=O) groups excluding carboxylic acids is 1. The van der Waals surface area contributed by atoms with Crippen molar-refractivity contribution in [1.29, 1.82) is 0 Å². The summed E-state index contributed by atoms with van der Waals surface area (Å²) >= 11 is 12.2. The van der Waals surface area contributed by atoms with E-state index in [0.29, 0.717) is 52.7 Å². The van der Waals surface area contributed by atoms with Gasteiger partial charge in [0, 0.05) is 24.9 Å². The highest BCUT2D eigenvalue weighted by Crippen LogP contribution is 2.37. The lowest BCUT2D eigenvalue weighted by atomic mass is 10.1. The van der Waals surface area contributed by atoms with E-state index in [-0.39, 0.29) is 18.6 Å². The Bertz CT molecular complexity index is 905. The molecule has 1 saturated heterocycles. The topological polar surface area (TPSA) is 70.1 Å². The monoisotopic (exact) mass is 452 g/mol. The zero-order valence-electron chi connectivity index (χ0n) is 16.6. The van der Waals surface area contributed by atoms with Gasteiger partial charge in [0.25, 0.3) is 0 Å². The maximum atomic E-state index is 12.6. The molecule has 1 amide bonds. The Balaban J connectivity index is 1.59. The Morgan fingerprint density at radius 3 is 2.80 bits per heavy atom. The number of hydrogen-bond donors (Lipinski definition) is 0. The summed E-state index contributed by atoms with van der Waals surface area (Å²) < 4.78 is 21.8. The third-order valence-electron chi connectivity index (χ3n) is 4.49. The van der Waals surface area contributed by atoms with Gasteiger partial charge in [0.05, 0.1) is 37.4 Å². The zero-order valence-corrected chi connectivity index (χ0v) is 18.2. The number of methoxy groups -OCH3 is 2. The number of hydrogen-bond acceptors (Lipinski definition) is 6. The molecule has 3 rings (SSSR count). The van der Waals surface area contributed by atoms with E-state index in [1.807, 2.05) is 0 Å². The fourth-order valence-electron chi connectivity index (χ4n) is 2.95. The van der Waals surface area contributed by atoms with E-state index in [4.69, 9.17) is 42.1 Å². The van der Waals surface area contributed by atoms with E-state index < -0.39 is 0 Å². The third kappa shape index (κ3) is 5.56. The Morgan fingerprint density at radius 2 is 2.10 bits per heavy atom. The fraction of sp³-hybridized carbons (Fsp3) is 0.333. The van der Waals surface area contributed by atoms with Crippen molar-refractivity contribution in [3.63, 3.8) is 0 Å². The molecule has 0 radical (unpaired) electrons. The largest absolute Gasteiger partial charge is 0.493 e. The van der Waals surface area contributed by atoms with E-state index >= 15 is 0 Å². The average molecular weight is 453 g/mol. The molecule has 0 spiro atoms. The SMILES string of the molecule is COc1ccc(C=CC(=O)N2CCOC(COc3ccc(Cl)cn3)C2)c(Cl)c1OC. The summed E-state index contributed by atoms with van der Waals surface area (Å²) in [6.07, 6.45) is 4.40. The smallest absolute Gasteiger partial charge is 0.246 e. The van der Waals surface area contributed by atoms with Crippen LogP contribution in [0.15, 0.2) is 36.5 Å². The van der Waals surface area contributed by atoms with E-state index in [0.717, 1.165) is 0 Å². The van der Waals surface area contributed by atoms with Crippen LogP contribution in [0.1, 0.15) is 5.56 Å². The molecule has 1 atom stereocenters. The predicted molar refractivity (Wildman–Crippen MR) is 115 cm³/mol. The number of ether oxygens (including phenoxy) is 4. The van der Waals surface area contributed by atoms with Crippen LogP contribution >= 0.6 is 23.2 Å². The van der Waals surface area contributed by atoms with Crippen molar-refractivity contribution in [1.82, 2.24) is 9.88 Å². The highest BCUT2D eigenvalue weighted by atomic mass is 35.5. The molecule has 0 N–H and O–H groups in total. The molecule has 1 aliphatic rings. The normalized spacial score (nSPS) is 16.5. The number of morpholine rings is 1. The Morgan fingerprint density at radius 1 is 1.27 bits per heavy atom. The van der Waals surface area contributed by atoms with Crippen LogP contribution in [0.4, 0.5) is 0 Å². The highest BCUT2D eigenvalue weighted by Gasteiger charge is 2.24. The first-order chi connectivity index (χ1) is 14.5. The summed E-state index contributed by atoms with van der Waals surface area (Å²) in [7, 11) is 3.05. The third-order valence-corrected chi connectivity index (χ3v) is 5.10. The van der Waals surface area contributed by atoms with Gasteiger partial charge in [-0.3, -0.25) is 4.79 Å². The van der Waals surface area contributed by atoms with E-state index in [1.165, 1.54) is 26.5 Å². The minimum absolute atomic E-state index is 0.140. The molecule has 1 aromatic heterocycles. The quantitative estimate of drug-likeness (QED) is 0.596. The van der Waals surface area contributed by atoms with Gasteiger partial charge in [0.2, 0.25) is 11.8 Å². The molecule has 0 aliphatic carbocycles. The number of benzene rings is 1. The van der Waals surface area contributed by atoms with Gasteiger partial charge < -0.3 is 23.8 Å². The van der Waals surface area contributed by atoms with Gasteiger partial charge in [-0.25, -0.2) is 4.98 Å². The second kappa shape index (κ2) is 10.5. The molecule has 0 saturated carbocycles. The Labute approximate surface area is 185 Å². The molecule has 2 heterocycles. The van der Waals surface area contributed by atoms with Crippen LogP contribution in [0.3, 0.4) is 0 Å². The van der Waals surface area contributed by atoms with Gasteiger partial charge in [0.15, 0.2) is 11.5 Å². The number of pyridine rings is 1. The fourth-order valence-corrected chi connectivity index (χ4v) is 3.35. The molecule has 7 nitrogen and oxygen atoms in total. The molecule has 160 valence electrons. The van der Waals surface area contributed by atoms with Crippen LogP contribution in [-0.4, -0.2) is 62.4 Å². The molecule has 30 heavy (non-hydrogen) atoms. The van der Waals surface area contributed by atoms with Crippen LogP contribution in [0.25, 0.3) is 6.08 Å². The standard InChI is InChI=1S/C21H22Cl2N2O5/c1-27-17-6-3-14(20(23)21(17)28-2)4-8-19(26)25-9-10-29-16(12-25)13-30-18-7-5-15(22)11-24-18/h3-8,11,16H,9-10,12-13H2,1-2H3. The van der Waals surface area contributed by atoms with Crippen molar-refractivity contribution in [3.8, 4) is 17.4 Å². The Kier molecular flexibility index (Phi) is 7.79. The lowest BCUT2D eigenvalue weighted by molar-refractivity contribution is -0.134. The van der Waals surface area contributed by atoms with E-state index in [9.17, 15) is 4.79 Å². The number of carbonyl (C=O) groups is 1. The number of aromatic nitrogens is 1. The maximum absolute atomic E-state index is 12.6. The molecule has 1 aliphatic heterocycles. The molecular weight excluding hydrogens is 431 g/mol. The van der Waals surface area contributed by atoms with E-state index in [2.05, 4.69) is 4.98 Å². The van der Waals surface area contributed by atoms with E-state index in [1.54, 1.807) is 35.2 Å². The lowest BCUT2D eigenvalue weighted by Crippen LogP contribution is -2.47. The summed E-state index contributed by atoms with van der Waals surface area (Å²) in [4.78, 5) is 18.4. The summed E-state index contributed by atoms with van der Waals surface area (Å²) in [6, 6.07) is 6.89. The van der Waals surface area contributed by atoms with Gasteiger partial charge in [0.1, 0.15) is 12.7 Å². The van der Waals surface area contributed by atoms with Gasteiger partial charge in [-0.15, -0.1) is 0 Å². The van der Waals surface area contributed by atoms with Crippen molar-refractivity contribution in [2.75, 3.05) is 40.5 Å². The minimum Gasteiger partial charge on any atom is -0.493 e. The second-order valence-electron chi connectivity index (χ2n) is 6.44. The van der Waals surface area contributed by atoms with Crippen molar-refractivity contribution >= 4 is 35.2 Å². The predicted octanol–water partition coefficient (Wildman–Crippen LogP) is 3.73. The first kappa shape index (κ1) is 22.2. The molecule has 9 heteroatoms. The van der Waals surface area contributed by atoms with Gasteiger partial charge in [-0.05, 0) is 29.8 Å². The number of amides is 1. The summed E-state index contributed by atoms with van der Waals surface area (Å²) in [5.41, 5.74) is 0.657. The number of rotatable bonds is 7. The van der Waals surface area contributed by atoms with Crippen LogP contribution < -0.4 is 14.2 Å². The Hall–Kier alpha value is -2.48. The van der Waals surface area contributed by atoms with Gasteiger partial charge in [-0.1, -0.05) is 23.2 Å². The van der Waals surface area contributed by atoms with Gasteiger partial charge in [-0.2, -0.15) is 0 Å². The van der Waals surface area contributed by atoms with Crippen molar-refractivity contribution in [3.05, 3.63) is 52.1 Å². The molecule has 2 aromatic rings. The molecule has 1 aromatic carbocycles. The molecule has 1 unspecified atom stereocenters. The summed E-state index contributed by atoms with van der Waals surface area (Å²) in [6.45, 7) is 1.62. The maximum Gasteiger partial charge on any atom is 0.246 e. The van der Waals surface area contributed by atoms with Crippen molar-refractivity contribution < 1.29 is 23.7 Å². The second-order valence-corrected chi connectivity index (χ2v) is 7.25. The average Bonchev–Trinajstić information content (AvgIpc) is 2.77. The molecule has 1 fully saturated rings. The lowest BCUT2D eigenvalue weighted by Gasteiger charge is -2.32. The van der Waals surface area contributed by atoms with Crippen molar-refractivity contribution in [2.45, 2.75) is 6.10 Å². The zero-order chi connectivity index (χ0) is 21.5.